The van der Waals surface area contributed by atoms with E-state index in [4.69, 9.17) is 9.84 Å². The molecule has 0 atom stereocenters. The molecule has 1 aromatic carbocycles. The van der Waals surface area contributed by atoms with Gasteiger partial charge in [0.25, 0.3) is 5.91 Å². The smallest absolute Gasteiger partial charge is 0.251 e. The van der Waals surface area contributed by atoms with Crippen molar-refractivity contribution in [1.82, 2.24) is 14.9 Å². The van der Waals surface area contributed by atoms with E-state index in [1.807, 2.05) is 29.9 Å². The summed E-state index contributed by atoms with van der Waals surface area (Å²) in [6.45, 7) is 1.08. The zero-order valence-electron chi connectivity index (χ0n) is 12.0. The van der Waals surface area contributed by atoms with E-state index in [0.29, 0.717) is 18.7 Å². The Morgan fingerprint density at radius 1 is 1.33 bits per heavy atom. The Hall–Kier alpha value is -2.18. The summed E-state index contributed by atoms with van der Waals surface area (Å²) in [5.74, 6) is 0.716. The lowest BCUT2D eigenvalue weighted by atomic mass is 10.1. The standard InChI is InChI=1S/C15H19N3O3/c1-18-8-6-16-14(18)12-2-4-13(5-3-12)15(20)17-7-10-21-11-9-19/h2-6,8,19H,7,9-11H2,1H3,(H,17,20). The fraction of sp³-hybridized carbons (Fsp3) is 0.333. The van der Waals surface area contributed by atoms with Crippen LogP contribution in [-0.4, -0.2) is 46.9 Å². The minimum absolute atomic E-state index is 0.0113. The van der Waals surface area contributed by atoms with Gasteiger partial charge in [0, 0.05) is 37.1 Å². The van der Waals surface area contributed by atoms with Crippen LogP contribution in [0.5, 0.6) is 0 Å². The highest BCUT2D eigenvalue weighted by Crippen LogP contribution is 2.16. The SMILES string of the molecule is Cn1ccnc1-c1ccc(C(=O)NCCOCCO)cc1. The van der Waals surface area contributed by atoms with Gasteiger partial charge >= 0.3 is 0 Å². The number of benzene rings is 1. The topological polar surface area (TPSA) is 76.4 Å². The number of hydrogen-bond acceptors (Lipinski definition) is 4. The predicted molar refractivity (Wildman–Crippen MR) is 78.9 cm³/mol. The van der Waals surface area contributed by atoms with Crippen molar-refractivity contribution in [2.45, 2.75) is 0 Å². The van der Waals surface area contributed by atoms with E-state index in [2.05, 4.69) is 10.3 Å². The number of aryl methyl sites for hydroxylation is 1. The van der Waals surface area contributed by atoms with Crippen LogP contribution in [-0.2, 0) is 11.8 Å². The summed E-state index contributed by atoms with van der Waals surface area (Å²) in [4.78, 5) is 16.2. The molecule has 0 aliphatic rings. The largest absolute Gasteiger partial charge is 0.394 e. The molecule has 0 unspecified atom stereocenters. The molecule has 112 valence electrons. The van der Waals surface area contributed by atoms with Crippen molar-refractivity contribution >= 4 is 5.91 Å². The van der Waals surface area contributed by atoms with E-state index >= 15 is 0 Å². The zero-order valence-corrected chi connectivity index (χ0v) is 12.0. The fourth-order valence-electron chi connectivity index (χ4n) is 1.92. The summed E-state index contributed by atoms with van der Waals surface area (Å²) in [7, 11) is 1.93. The van der Waals surface area contributed by atoms with Crippen LogP contribution < -0.4 is 5.32 Å². The van der Waals surface area contributed by atoms with Gasteiger partial charge in [0.05, 0.1) is 19.8 Å². The third-order valence-electron chi connectivity index (χ3n) is 2.99. The molecule has 1 heterocycles. The molecule has 0 saturated carbocycles. The van der Waals surface area contributed by atoms with Crippen molar-refractivity contribution in [1.29, 1.82) is 0 Å². The highest BCUT2D eigenvalue weighted by molar-refractivity contribution is 5.94. The van der Waals surface area contributed by atoms with E-state index in [9.17, 15) is 4.79 Å². The third kappa shape index (κ3) is 4.14. The summed E-state index contributed by atoms with van der Waals surface area (Å²) in [6.07, 6.45) is 3.62. The summed E-state index contributed by atoms with van der Waals surface area (Å²) in [6, 6.07) is 7.29. The van der Waals surface area contributed by atoms with Crippen LogP contribution in [0.1, 0.15) is 10.4 Å². The van der Waals surface area contributed by atoms with Crippen LogP contribution in [0.25, 0.3) is 11.4 Å². The molecule has 0 radical (unpaired) electrons. The van der Waals surface area contributed by atoms with Gasteiger partial charge in [-0.25, -0.2) is 4.98 Å². The third-order valence-corrected chi connectivity index (χ3v) is 2.99. The number of hydrogen-bond donors (Lipinski definition) is 2. The molecule has 2 N–H and O–H groups in total. The van der Waals surface area contributed by atoms with Crippen molar-refractivity contribution < 1.29 is 14.6 Å². The lowest BCUT2D eigenvalue weighted by molar-refractivity contribution is 0.0838. The average Bonchev–Trinajstić information content (AvgIpc) is 2.93. The van der Waals surface area contributed by atoms with Gasteiger partial charge in [0.15, 0.2) is 0 Å². The Kier molecular flexibility index (Phi) is 5.48. The Balaban J connectivity index is 1.90. The van der Waals surface area contributed by atoms with Crippen LogP contribution in [0.4, 0.5) is 0 Å². The normalized spacial score (nSPS) is 10.6. The van der Waals surface area contributed by atoms with Gasteiger partial charge in [-0.05, 0) is 12.1 Å². The minimum atomic E-state index is -0.144. The molecule has 2 rings (SSSR count). The van der Waals surface area contributed by atoms with Crippen LogP contribution in [0.2, 0.25) is 0 Å². The van der Waals surface area contributed by atoms with Crippen molar-refractivity contribution in [3.63, 3.8) is 0 Å². The number of carbonyl (C=O) groups is 1. The molecule has 1 amide bonds. The minimum Gasteiger partial charge on any atom is -0.394 e. The first-order valence-corrected chi connectivity index (χ1v) is 6.77. The summed E-state index contributed by atoms with van der Waals surface area (Å²) >= 11 is 0. The predicted octanol–water partition coefficient (Wildman–Crippen LogP) is 0.826. The quantitative estimate of drug-likeness (QED) is 0.740. The van der Waals surface area contributed by atoms with Crippen LogP contribution in [0, 0.1) is 0 Å². The first-order chi connectivity index (χ1) is 10.2. The number of nitrogens with zero attached hydrogens (tertiary/aromatic N) is 2. The van der Waals surface area contributed by atoms with Crippen LogP contribution in [0.15, 0.2) is 36.7 Å². The van der Waals surface area contributed by atoms with E-state index in [1.165, 1.54) is 0 Å². The molecule has 2 aromatic rings. The monoisotopic (exact) mass is 289 g/mol. The van der Waals surface area contributed by atoms with Gasteiger partial charge < -0.3 is 19.7 Å². The number of aromatic nitrogens is 2. The molecule has 0 saturated heterocycles. The van der Waals surface area contributed by atoms with Crippen molar-refractivity contribution in [2.75, 3.05) is 26.4 Å². The Morgan fingerprint density at radius 3 is 2.71 bits per heavy atom. The summed E-state index contributed by atoms with van der Waals surface area (Å²) < 4.78 is 7.00. The fourth-order valence-corrected chi connectivity index (χ4v) is 1.92. The first-order valence-electron chi connectivity index (χ1n) is 6.77. The first kappa shape index (κ1) is 15.2. The number of aliphatic hydroxyl groups excluding tert-OH is 1. The Bertz CT molecular complexity index is 578. The molecule has 0 aliphatic heterocycles. The molecule has 1 aromatic heterocycles. The molecule has 0 fully saturated rings. The zero-order chi connectivity index (χ0) is 15.1. The number of carbonyl (C=O) groups excluding carboxylic acids is 1. The number of ether oxygens (including phenoxy) is 1. The van der Waals surface area contributed by atoms with Gasteiger partial charge in [-0.2, -0.15) is 0 Å². The van der Waals surface area contributed by atoms with Gasteiger partial charge in [-0.15, -0.1) is 0 Å². The number of aliphatic hydroxyl groups is 1. The van der Waals surface area contributed by atoms with E-state index < -0.39 is 0 Å². The van der Waals surface area contributed by atoms with Crippen molar-refractivity contribution in [3.05, 3.63) is 42.2 Å². The molecule has 0 aliphatic carbocycles. The number of amides is 1. The van der Waals surface area contributed by atoms with Gasteiger partial charge in [0.2, 0.25) is 0 Å². The van der Waals surface area contributed by atoms with Crippen LogP contribution in [0.3, 0.4) is 0 Å². The van der Waals surface area contributed by atoms with Crippen molar-refractivity contribution in [3.8, 4) is 11.4 Å². The maximum Gasteiger partial charge on any atom is 0.251 e. The van der Waals surface area contributed by atoms with Gasteiger partial charge in [-0.1, -0.05) is 12.1 Å². The number of imidazole rings is 1. The Morgan fingerprint density at radius 2 is 2.10 bits per heavy atom. The molecular weight excluding hydrogens is 270 g/mol. The molecule has 6 nitrogen and oxygen atoms in total. The second kappa shape index (κ2) is 7.56. The highest BCUT2D eigenvalue weighted by Gasteiger charge is 2.07. The molecule has 0 spiro atoms. The molecular formula is C15H19N3O3. The molecule has 6 heteroatoms. The van der Waals surface area contributed by atoms with E-state index in [1.54, 1.807) is 18.3 Å². The van der Waals surface area contributed by atoms with Crippen LogP contribution >= 0.6 is 0 Å². The average molecular weight is 289 g/mol. The lowest BCUT2D eigenvalue weighted by Gasteiger charge is -2.07. The Labute approximate surface area is 123 Å². The summed E-state index contributed by atoms with van der Waals surface area (Å²) in [5.41, 5.74) is 1.56. The summed E-state index contributed by atoms with van der Waals surface area (Å²) in [5, 5.41) is 11.3. The second-order valence-electron chi connectivity index (χ2n) is 4.53. The van der Waals surface area contributed by atoms with Gasteiger partial charge in [0.1, 0.15) is 5.82 Å². The van der Waals surface area contributed by atoms with E-state index in [0.717, 1.165) is 11.4 Å². The van der Waals surface area contributed by atoms with E-state index in [-0.39, 0.29) is 19.1 Å². The highest BCUT2D eigenvalue weighted by atomic mass is 16.5. The maximum absolute atomic E-state index is 11.9. The number of rotatable bonds is 7. The molecule has 21 heavy (non-hydrogen) atoms. The number of nitrogens with one attached hydrogen (secondary N) is 1. The molecule has 0 bridgehead atoms. The van der Waals surface area contributed by atoms with Gasteiger partial charge in [-0.3, -0.25) is 4.79 Å². The maximum atomic E-state index is 11.9. The lowest BCUT2D eigenvalue weighted by Crippen LogP contribution is -2.27. The van der Waals surface area contributed by atoms with Crippen molar-refractivity contribution in [2.24, 2.45) is 7.05 Å². The second-order valence-corrected chi connectivity index (χ2v) is 4.53.